The van der Waals surface area contributed by atoms with Crippen molar-refractivity contribution in [2.45, 2.75) is 31.5 Å². The summed E-state index contributed by atoms with van der Waals surface area (Å²) in [5.74, 6) is 1.21. The van der Waals surface area contributed by atoms with Crippen LogP contribution >= 0.6 is 0 Å². The number of aryl methyl sites for hydroxylation is 1. The Balaban J connectivity index is 1.67. The van der Waals surface area contributed by atoms with Gasteiger partial charge in [0.25, 0.3) is 5.91 Å². The lowest BCUT2D eigenvalue weighted by atomic mass is 10.1. The Morgan fingerprint density at radius 1 is 1.21 bits per heavy atom. The van der Waals surface area contributed by atoms with Crippen LogP contribution in [-0.4, -0.2) is 56.8 Å². The van der Waals surface area contributed by atoms with Gasteiger partial charge < -0.3 is 18.9 Å². The van der Waals surface area contributed by atoms with Crippen molar-refractivity contribution in [1.29, 1.82) is 0 Å². The smallest absolute Gasteiger partial charge is 0.261 e. The van der Waals surface area contributed by atoms with Gasteiger partial charge in [0, 0.05) is 13.0 Å². The van der Waals surface area contributed by atoms with E-state index in [9.17, 15) is 9.59 Å². The second-order valence-corrected chi connectivity index (χ2v) is 5.80. The highest BCUT2D eigenvalue weighted by Gasteiger charge is 2.51. The molecular formula is C17H21NO6. The van der Waals surface area contributed by atoms with Crippen LogP contribution in [0.5, 0.6) is 17.2 Å². The first-order chi connectivity index (χ1) is 11.6. The highest BCUT2D eigenvalue weighted by atomic mass is 16.6. The van der Waals surface area contributed by atoms with Crippen molar-refractivity contribution in [2.75, 3.05) is 27.9 Å². The lowest BCUT2D eigenvalue weighted by Gasteiger charge is -2.22. The van der Waals surface area contributed by atoms with Crippen LogP contribution in [0.25, 0.3) is 0 Å². The first-order valence-electron chi connectivity index (χ1n) is 7.87. The standard InChI is InChI=1S/C17H21NO6/c1-21-12-8-10(9-13(22-2)15(12)23-3)4-5-14(19)18-7-6-11-16(24-11)17(18)20/h8-9,11,16H,4-7H2,1-3H3/t11-,16-/m1/s1. The number of carbonyl (C=O) groups is 2. The average molecular weight is 335 g/mol. The van der Waals surface area contributed by atoms with Gasteiger partial charge in [-0.15, -0.1) is 0 Å². The molecule has 0 spiro atoms. The Labute approximate surface area is 140 Å². The first-order valence-corrected chi connectivity index (χ1v) is 7.87. The van der Waals surface area contributed by atoms with Crippen LogP contribution in [0.3, 0.4) is 0 Å². The van der Waals surface area contributed by atoms with Gasteiger partial charge in [-0.25, -0.2) is 0 Å². The molecule has 0 saturated carbocycles. The summed E-state index contributed by atoms with van der Waals surface area (Å²) in [4.78, 5) is 25.7. The molecule has 24 heavy (non-hydrogen) atoms. The van der Waals surface area contributed by atoms with Gasteiger partial charge in [-0.1, -0.05) is 0 Å². The highest BCUT2D eigenvalue weighted by molar-refractivity contribution is 5.99. The third kappa shape index (κ3) is 3.03. The molecular weight excluding hydrogens is 314 g/mol. The number of rotatable bonds is 6. The van der Waals surface area contributed by atoms with Crippen molar-refractivity contribution < 1.29 is 28.5 Å². The van der Waals surface area contributed by atoms with Crippen molar-refractivity contribution in [2.24, 2.45) is 0 Å². The van der Waals surface area contributed by atoms with E-state index in [0.29, 0.717) is 30.2 Å². The monoisotopic (exact) mass is 335 g/mol. The lowest BCUT2D eigenvalue weighted by Crippen LogP contribution is -2.44. The van der Waals surface area contributed by atoms with Crippen LogP contribution in [0.15, 0.2) is 12.1 Å². The van der Waals surface area contributed by atoms with E-state index >= 15 is 0 Å². The molecule has 2 atom stereocenters. The molecule has 0 unspecified atom stereocenters. The van der Waals surface area contributed by atoms with Crippen molar-refractivity contribution in [1.82, 2.24) is 4.90 Å². The fourth-order valence-corrected chi connectivity index (χ4v) is 3.01. The minimum atomic E-state index is -0.399. The van der Waals surface area contributed by atoms with Gasteiger partial charge in [0.1, 0.15) is 0 Å². The zero-order valence-electron chi connectivity index (χ0n) is 14.0. The number of imide groups is 1. The molecule has 7 nitrogen and oxygen atoms in total. The second kappa shape index (κ2) is 6.68. The maximum atomic E-state index is 12.3. The van der Waals surface area contributed by atoms with E-state index in [1.807, 2.05) is 12.1 Å². The van der Waals surface area contributed by atoms with E-state index in [1.165, 1.54) is 4.90 Å². The van der Waals surface area contributed by atoms with Crippen molar-refractivity contribution >= 4 is 11.8 Å². The Morgan fingerprint density at radius 3 is 2.46 bits per heavy atom. The summed E-state index contributed by atoms with van der Waals surface area (Å²) < 4.78 is 21.1. The van der Waals surface area contributed by atoms with E-state index in [4.69, 9.17) is 18.9 Å². The van der Waals surface area contributed by atoms with E-state index in [1.54, 1.807) is 21.3 Å². The normalized spacial score (nSPS) is 22.0. The molecule has 2 saturated heterocycles. The summed E-state index contributed by atoms with van der Waals surface area (Å²) in [6.45, 7) is 0.439. The molecule has 2 amide bonds. The molecule has 2 aliphatic heterocycles. The van der Waals surface area contributed by atoms with Crippen LogP contribution in [0.4, 0.5) is 0 Å². The fourth-order valence-electron chi connectivity index (χ4n) is 3.01. The minimum absolute atomic E-state index is 0.0247. The predicted octanol–water partition coefficient (Wildman–Crippen LogP) is 1.17. The van der Waals surface area contributed by atoms with Gasteiger partial charge in [-0.05, 0) is 30.5 Å². The zero-order valence-corrected chi connectivity index (χ0v) is 14.0. The Kier molecular flexibility index (Phi) is 4.62. The van der Waals surface area contributed by atoms with Crippen LogP contribution < -0.4 is 14.2 Å². The van der Waals surface area contributed by atoms with Gasteiger partial charge in [0.2, 0.25) is 11.7 Å². The molecule has 7 heteroatoms. The molecule has 0 N–H and O–H groups in total. The highest BCUT2D eigenvalue weighted by Crippen LogP contribution is 2.38. The number of likely N-dealkylation sites (tertiary alicyclic amines) is 1. The third-order valence-electron chi connectivity index (χ3n) is 4.38. The van der Waals surface area contributed by atoms with Gasteiger partial charge >= 0.3 is 0 Å². The number of fused-ring (bicyclic) bond motifs is 1. The first kappa shape index (κ1) is 16.6. The number of amides is 2. The quantitative estimate of drug-likeness (QED) is 0.726. The van der Waals surface area contributed by atoms with Crippen LogP contribution in [-0.2, 0) is 20.7 Å². The van der Waals surface area contributed by atoms with Crippen LogP contribution in [0, 0.1) is 0 Å². The molecule has 130 valence electrons. The molecule has 0 radical (unpaired) electrons. The lowest BCUT2D eigenvalue weighted by molar-refractivity contribution is -0.146. The number of ether oxygens (including phenoxy) is 4. The third-order valence-corrected chi connectivity index (χ3v) is 4.38. The largest absolute Gasteiger partial charge is 0.493 e. The number of hydrogen-bond acceptors (Lipinski definition) is 6. The minimum Gasteiger partial charge on any atom is -0.493 e. The number of benzene rings is 1. The molecule has 0 aromatic heterocycles. The SMILES string of the molecule is COc1cc(CCC(=O)N2CC[C@H]3O[C@H]3C2=O)cc(OC)c1OC. The molecule has 2 fully saturated rings. The molecule has 3 rings (SSSR count). The summed E-state index contributed by atoms with van der Waals surface area (Å²) in [5, 5.41) is 0. The molecule has 2 heterocycles. The number of nitrogens with zero attached hydrogens (tertiary/aromatic N) is 1. The van der Waals surface area contributed by atoms with Crippen molar-refractivity contribution in [3.05, 3.63) is 17.7 Å². The summed E-state index contributed by atoms with van der Waals surface area (Å²) in [7, 11) is 4.63. The summed E-state index contributed by atoms with van der Waals surface area (Å²) in [6, 6.07) is 3.62. The van der Waals surface area contributed by atoms with Crippen molar-refractivity contribution in [3.8, 4) is 17.2 Å². The van der Waals surface area contributed by atoms with Crippen LogP contribution in [0.2, 0.25) is 0 Å². The number of methoxy groups -OCH3 is 3. The zero-order chi connectivity index (χ0) is 17.3. The summed E-state index contributed by atoms with van der Waals surface area (Å²) in [5.41, 5.74) is 0.878. The number of carbonyl (C=O) groups excluding carboxylic acids is 2. The Hall–Kier alpha value is -2.28. The Morgan fingerprint density at radius 2 is 1.88 bits per heavy atom. The van der Waals surface area contributed by atoms with Gasteiger partial charge in [-0.3, -0.25) is 14.5 Å². The summed E-state index contributed by atoms with van der Waals surface area (Å²) >= 11 is 0. The average Bonchev–Trinajstić information content (AvgIpc) is 3.39. The molecule has 1 aromatic rings. The summed E-state index contributed by atoms with van der Waals surface area (Å²) in [6.07, 6.45) is 1.07. The van der Waals surface area contributed by atoms with E-state index in [2.05, 4.69) is 0 Å². The maximum absolute atomic E-state index is 12.3. The number of epoxide rings is 1. The van der Waals surface area contributed by atoms with Gasteiger partial charge in [0.15, 0.2) is 17.6 Å². The number of hydrogen-bond donors (Lipinski definition) is 0. The van der Waals surface area contributed by atoms with Crippen LogP contribution in [0.1, 0.15) is 18.4 Å². The fraction of sp³-hybridized carbons (Fsp3) is 0.529. The van der Waals surface area contributed by atoms with E-state index in [-0.39, 0.29) is 24.3 Å². The van der Waals surface area contributed by atoms with E-state index < -0.39 is 6.10 Å². The second-order valence-electron chi connectivity index (χ2n) is 5.80. The van der Waals surface area contributed by atoms with Gasteiger partial charge in [0.05, 0.1) is 27.4 Å². The Bertz CT molecular complexity index is 633. The number of piperidine rings is 1. The van der Waals surface area contributed by atoms with Gasteiger partial charge in [-0.2, -0.15) is 0 Å². The molecule has 0 bridgehead atoms. The molecule has 2 aliphatic rings. The van der Waals surface area contributed by atoms with Crippen molar-refractivity contribution in [3.63, 3.8) is 0 Å². The molecule has 1 aromatic carbocycles. The predicted molar refractivity (Wildman–Crippen MR) is 84.4 cm³/mol. The molecule has 0 aliphatic carbocycles. The van der Waals surface area contributed by atoms with E-state index in [0.717, 1.165) is 12.0 Å². The topological polar surface area (TPSA) is 77.6 Å². The maximum Gasteiger partial charge on any atom is 0.261 e.